The molecule has 1 aromatic heterocycles. The van der Waals surface area contributed by atoms with Gasteiger partial charge in [0, 0.05) is 32.1 Å². The summed E-state index contributed by atoms with van der Waals surface area (Å²) in [5.41, 5.74) is 0. The van der Waals surface area contributed by atoms with Gasteiger partial charge in [0.1, 0.15) is 0 Å². The average Bonchev–Trinajstić information content (AvgIpc) is 2.94. The zero-order valence-corrected chi connectivity index (χ0v) is 12.7. The molecule has 0 spiro atoms. The van der Waals surface area contributed by atoms with Crippen molar-refractivity contribution < 1.29 is 4.79 Å². The molecule has 0 radical (unpaired) electrons. The van der Waals surface area contributed by atoms with Gasteiger partial charge >= 0.3 is 6.03 Å². The fourth-order valence-corrected chi connectivity index (χ4v) is 3.47. The van der Waals surface area contributed by atoms with Gasteiger partial charge in [-0.05, 0) is 36.1 Å². The summed E-state index contributed by atoms with van der Waals surface area (Å²) in [6.07, 6.45) is 8.07. The van der Waals surface area contributed by atoms with Crippen LogP contribution in [0.3, 0.4) is 0 Å². The van der Waals surface area contributed by atoms with Crippen LogP contribution in [0, 0.1) is 0 Å². The van der Waals surface area contributed by atoms with Crippen LogP contribution in [-0.4, -0.2) is 50.3 Å². The number of carbonyl (C=O) groups is 1. The highest BCUT2D eigenvalue weighted by Crippen LogP contribution is 2.25. The quantitative estimate of drug-likeness (QED) is 0.894. The number of urea groups is 1. The summed E-state index contributed by atoms with van der Waals surface area (Å²) in [5.74, 6) is 1.13. The van der Waals surface area contributed by atoms with Crippen LogP contribution in [0.1, 0.15) is 56.7 Å². The lowest BCUT2D eigenvalue weighted by atomic mass is 9.95. The molecule has 2 amide bonds. The molecule has 7 nitrogen and oxygen atoms in total. The summed E-state index contributed by atoms with van der Waals surface area (Å²) in [7, 11) is 1.86. The number of hydrogen-bond donors (Lipinski definition) is 1. The van der Waals surface area contributed by atoms with Crippen molar-refractivity contribution >= 4 is 6.03 Å². The van der Waals surface area contributed by atoms with E-state index in [0.29, 0.717) is 12.6 Å². The lowest BCUT2D eigenvalue weighted by Gasteiger charge is -2.34. The average molecular weight is 292 g/mol. The zero-order chi connectivity index (χ0) is 14.7. The summed E-state index contributed by atoms with van der Waals surface area (Å²) in [6.45, 7) is 1.55. The van der Waals surface area contributed by atoms with E-state index in [2.05, 4.69) is 20.8 Å². The van der Waals surface area contributed by atoms with Crippen molar-refractivity contribution in [2.75, 3.05) is 13.1 Å². The Balaban J connectivity index is 1.57. The Bertz CT molecular complexity index is 482. The third-order valence-electron chi connectivity index (χ3n) is 4.66. The predicted octanol–water partition coefficient (Wildman–Crippen LogP) is 1.43. The maximum absolute atomic E-state index is 12.4. The number of tetrazole rings is 1. The van der Waals surface area contributed by atoms with E-state index in [0.717, 1.165) is 38.1 Å². The van der Waals surface area contributed by atoms with Crippen LogP contribution in [0.25, 0.3) is 0 Å². The second kappa shape index (κ2) is 6.41. The standard InChI is InChI=1S/C14H24N6O/c1-19-13(16-17-18-19)11-6-5-9-20(10-11)14(21)15-12-7-3-2-4-8-12/h11-12H,2-10H2,1H3,(H,15,21)/t11-/m0/s1. The molecular formula is C14H24N6O. The second-order valence-corrected chi connectivity index (χ2v) is 6.23. The van der Waals surface area contributed by atoms with E-state index in [1.807, 2.05) is 11.9 Å². The third-order valence-corrected chi connectivity index (χ3v) is 4.66. The number of aryl methyl sites for hydroxylation is 1. The number of piperidine rings is 1. The molecule has 7 heteroatoms. The van der Waals surface area contributed by atoms with E-state index in [-0.39, 0.29) is 11.9 Å². The molecule has 21 heavy (non-hydrogen) atoms. The largest absolute Gasteiger partial charge is 0.335 e. The predicted molar refractivity (Wildman–Crippen MR) is 77.8 cm³/mol. The van der Waals surface area contributed by atoms with Gasteiger partial charge in [-0.25, -0.2) is 9.48 Å². The molecule has 2 aliphatic rings. The van der Waals surface area contributed by atoms with E-state index < -0.39 is 0 Å². The van der Waals surface area contributed by atoms with Gasteiger partial charge in [-0.3, -0.25) is 0 Å². The number of nitrogens with one attached hydrogen (secondary N) is 1. The topological polar surface area (TPSA) is 75.9 Å². The Labute approximate surface area is 125 Å². The molecule has 1 N–H and O–H groups in total. The molecular weight excluding hydrogens is 268 g/mol. The van der Waals surface area contributed by atoms with Crippen molar-refractivity contribution in [1.29, 1.82) is 0 Å². The lowest BCUT2D eigenvalue weighted by molar-refractivity contribution is 0.171. The van der Waals surface area contributed by atoms with E-state index in [9.17, 15) is 4.79 Å². The van der Waals surface area contributed by atoms with Crippen molar-refractivity contribution in [3.63, 3.8) is 0 Å². The van der Waals surface area contributed by atoms with Crippen molar-refractivity contribution in [1.82, 2.24) is 30.4 Å². The molecule has 3 rings (SSSR count). The van der Waals surface area contributed by atoms with Gasteiger partial charge in [0.05, 0.1) is 0 Å². The van der Waals surface area contributed by atoms with E-state index in [4.69, 9.17) is 0 Å². The normalized spacial score (nSPS) is 24.0. The molecule has 2 heterocycles. The van der Waals surface area contributed by atoms with Gasteiger partial charge in [-0.1, -0.05) is 19.3 Å². The SMILES string of the molecule is Cn1nnnc1[C@H]1CCCN(C(=O)NC2CCCCC2)C1. The summed E-state index contributed by atoms with van der Waals surface area (Å²) < 4.78 is 1.72. The molecule has 2 fully saturated rings. The zero-order valence-electron chi connectivity index (χ0n) is 12.7. The summed E-state index contributed by atoms with van der Waals surface area (Å²) >= 11 is 0. The lowest BCUT2D eigenvalue weighted by Crippen LogP contribution is -2.48. The van der Waals surface area contributed by atoms with Gasteiger partial charge in [0.2, 0.25) is 0 Å². The van der Waals surface area contributed by atoms with Crippen molar-refractivity contribution in [2.45, 2.75) is 56.9 Å². The van der Waals surface area contributed by atoms with Gasteiger partial charge in [0.15, 0.2) is 5.82 Å². The highest BCUT2D eigenvalue weighted by molar-refractivity contribution is 5.74. The van der Waals surface area contributed by atoms with E-state index in [1.54, 1.807) is 4.68 Å². The minimum absolute atomic E-state index is 0.0849. The number of amides is 2. The van der Waals surface area contributed by atoms with Gasteiger partial charge < -0.3 is 10.2 Å². The summed E-state index contributed by atoms with van der Waals surface area (Å²) in [6, 6.07) is 0.449. The molecule has 1 aliphatic carbocycles. The second-order valence-electron chi connectivity index (χ2n) is 6.23. The Morgan fingerprint density at radius 2 is 2.00 bits per heavy atom. The Kier molecular flexibility index (Phi) is 4.36. The van der Waals surface area contributed by atoms with Crippen LogP contribution in [0.15, 0.2) is 0 Å². The maximum Gasteiger partial charge on any atom is 0.317 e. The number of hydrogen-bond acceptors (Lipinski definition) is 4. The number of likely N-dealkylation sites (tertiary alicyclic amines) is 1. The summed E-state index contributed by atoms with van der Waals surface area (Å²) in [4.78, 5) is 14.4. The minimum Gasteiger partial charge on any atom is -0.335 e. The van der Waals surface area contributed by atoms with Crippen LogP contribution in [0.5, 0.6) is 0 Å². The van der Waals surface area contributed by atoms with Crippen LogP contribution >= 0.6 is 0 Å². The Morgan fingerprint density at radius 1 is 1.19 bits per heavy atom. The van der Waals surface area contributed by atoms with E-state index in [1.165, 1.54) is 19.3 Å². The monoisotopic (exact) mass is 292 g/mol. The van der Waals surface area contributed by atoms with Crippen LogP contribution in [0.4, 0.5) is 4.79 Å². The first-order valence-corrected chi connectivity index (χ1v) is 8.01. The molecule has 116 valence electrons. The number of aromatic nitrogens is 4. The van der Waals surface area contributed by atoms with Crippen molar-refractivity contribution in [3.05, 3.63) is 5.82 Å². The van der Waals surface area contributed by atoms with Crippen LogP contribution in [0.2, 0.25) is 0 Å². The van der Waals surface area contributed by atoms with E-state index >= 15 is 0 Å². The number of carbonyl (C=O) groups excluding carboxylic acids is 1. The van der Waals surface area contributed by atoms with Gasteiger partial charge in [-0.15, -0.1) is 5.10 Å². The minimum atomic E-state index is 0.0849. The van der Waals surface area contributed by atoms with Crippen molar-refractivity contribution in [2.24, 2.45) is 7.05 Å². The molecule has 1 aromatic rings. The summed E-state index contributed by atoms with van der Waals surface area (Å²) in [5, 5.41) is 14.9. The Hall–Kier alpha value is -1.66. The molecule has 1 atom stereocenters. The molecule has 1 saturated heterocycles. The highest BCUT2D eigenvalue weighted by atomic mass is 16.2. The molecule has 0 bridgehead atoms. The highest BCUT2D eigenvalue weighted by Gasteiger charge is 2.29. The Morgan fingerprint density at radius 3 is 2.71 bits per heavy atom. The maximum atomic E-state index is 12.4. The first-order valence-electron chi connectivity index (χ1n) is 8.01. The first-order chi connectivity index (χ1) is 10.2. The number of rotatable bonds is 2. The smallest absolute Gasteiger partial charge is 0.317 e. The van der Waals surface area contributed by atoms with Gasteiger partial charge in [0.25, 0.3) is 0 Å². The third kappa shape index (κ3) is 3.33. The van der Waals surface area contributed by atoms with Crippen LogP contribution in [-0.2, 0) is 7.05 Å². The molecule has 1 saturated carbocycles. The van der Waals surface area contributed by atoms with Crippen LogP contribution < -0.4 is 5.32 Å². The first kappa shape index (κ1) is 14.3. The van der Waals surface area contributed by atoms with Gasteiger partial charge in [-0.2, -0.15) is 0 Å². The fraction of sp³-hybridized carbons (Fsp3) is 0.857. The van der Waals surface area contributed by atoms with Crippen molar-refractivity contribution in [3.8, 4) is 0 Å². The molecule has 0 aromatic carbocycles. The molecule has 0 unspecified atom stereocenters. The molecule has 1 aliphatic heterocycles. The number of nitrogens with zero attached hydrogens (tertiary/aromatic N) is 5. The fourth-order valence-electron chi connectivity index (χ4n) is 3.47.